The van der Waals surface area contributed by atoms with E-state index in [0.717, 1.165) is 0 Å². The second-order valence-corrected chi connectivity index (χ2v) is 1.92. The van der Waals surface area contributed by atoms with Gasteiger partial charge in [-0.3, -0.25) is 0 Å². The van der Waals surface area contributed by atoms with Crippen molar-refractivity contribution < 1.29 is 19.4 Å². The van der Waals surface area contributed by atoms with Crippen LogP contribution in [0.25, 0.3) is 0 Å². The molecule has 0 saturated heterocycles. The third-order valence-electron chi connectivity index (χ3n) is 1.06. The second-order valence-electron chi connectivity index (χ2n) is 1.92. The summed E-state index contributed by atoms with van der Waals surface area (Å²) in [6, 6.07) is -1.02. The summed E-state index contributed by atoms with van der Waals surface area (Å²) in [5, 5.41) is 18.3. The summed E-state index contributed by atoms with van der Waals surface area (Å²) in [6.45, 7) is 0.654. The lowest BCUT2D eigenvalue weighted by Gasteiger charge is -2.14. The van der Waals surface area contributed by atoms with Crippen molar-refractivity contribution in [2.75, 3.05) is 6.61 Å². The van der Waals surface area contributed by atoms with Gasteiger partial charge in [0.05, 0.1) is 12.6 Å². The molecule has 0 rings (SSSR count). The van der Waals surface area contributed by atoms with Gasteiger partial charge in [-0.1, -0.05) is 0 Å². The van der Waals surface area contributed by atoms with Gasteiger partial charge in [0.25, 0.3) is 0 Å². The maximum absolute atomic E-state index is 12.2. The number of amides is 1. The van der Waals surface area contributed by atoms with Crippen LogP contribution in [0, 0.1) is 0 Å². The number of alkyl halides is 1. The van der Waals surface area contributed by atoms with Crippen molar-refractivity contribution in [3.05, 3.63) is 0 Å². The standard InChI is InChI=1S/C5H10FNO3/c1-3(6)4(2-8)7-5(9)10/h3-4,7-8H,2H2,1H3,(H,9,10)/t3-,4-/m1/s1. The van der Waals surface area contributed by atoms with Crippen LogP contribution in [0.3, 0.4) is 0 Å². The van der Waals surface area contributed by atoms with E-state index in [1.165, 1.54) is 6.92 Å². The number of rotatable bonds is 3. The van der Waals surface area contributed by atoms with Gasteiger partial charge in [-0.05, 0) is 6.92 Å². The van der Waals surface area contributed by atoms with Crippen LogP contribution in [-0.4, -0.2) is 35.1 Å². The molecular formula is C5H10FNO3. The molecule has 0 aromatic rings. The summed E-state index contributed by atoms with van der Waals surface area (Å²) in [5.74, 6) is 0. The number of carbonyl (C=O) groups is 1. The molecule has 0 aliphatic heterocycles. The molecule has 0 saturated carbocycles. The predicted octanol–water partition coefficient (Wildman–Crippen LogP) is -0.0271. The average Bonchev–Trinajstić information content (AvgIpc) is 1.81. The van der Waals surface area contributed by atoms with Gasteiger partial charge in [0.2, 0.25) is 0 Å². The second kappa shape index (κ2) is 4.05. The van der Waals surface area contributed by atoms with Crippen molar-refractivity contribution in [3.63, 3.8) is 0 Å². The summed E-state index contributed by atoms with van der Waals surface area (Å²) < 4.78 is 12.2. The van der Waals surface area contributed by atoms with E-state index in [2.05, 4.69) is 0 Å². The highest BCUT2D eigenvalue weighted by Gasteiger charge is 2.16. The Bertz CT molecular complexity index is 117. The number of halogens is 1. The number of aliphatic hydroxyl groups excluding tert-OH is 1. The Morgan fingerprint density at radius 2 is 2.30 bits per heavy atom. The molecule has 0 radical (unpaired) electrons. The monoisotopic (exact) mass is 151 g/mol. The Kier molecular flexibility index (Phi) is 3.71. The molecule has 0 aromatic carbocycles. The molecule has 0 aromatic heterocycles. The molecule has 0 spiro atoms. The van der Waals surface area contributed by atoms with E-state index in [1.54, 1.807) is 0 Å². The lowest BCUT2D eigenvalue weighted by Crippen LogP contribution is -2.42. The topological polar surface area (TPSA) is 69.6 Å². The number of hydrogen-bond acceptors (Lipinski definition) is 2. The number of nitrogens with one attached hydrogen (secondary N) is 1. The van der Waals surface area contributed by atoms with Crippen LogP contribution in [0.15, 0.2) is 0 Å². The zero-order valence-corrected chi connectivity index (χ0v) is 5.54. The summed E-state index contributed by atoms with van der Waals surface area (Å²) in [4.78, 5) is 9.88. The lowest BCUT2D eigenvalue weighted by atomic mass is 10.2. The molecule has 10 heavy (non-hydrogen) atoms. The van der Waals surface area contributed by atoms with E-state index in [4.69, 9.17) is 10.2 Å². The van der Waals surface area contributed by atoms with Crippen molar-refractivity contribution in [1.82, 2.24) is 5.32 Å². The highest BCUT2D eigenvalue weighted by molar-refractivity contribution is 5.64. The molecule has 0 aliphatic rings. The fourth-order valence-corrected chi connectivity index (χ4v) is 0.464. The molecule has 3 N–H and O–H groups in total. The van der Waals surface area contributed by atoms with Crippen molar-refractivity contribution in [3.8, 4) is 0 Å². The minimum absolute atomic E-state index is 0.524. The molecule has 2 atom stereocenters. The number of hydrogen-bond donors (Lipinski definition) is 3. The number of aliphatic hydroxyl groups is 1. The van der Waals surface area contributed by atoms with Crippen LogP contribution in [0.4, 0.5) is 9.18 Å². The predicted molar refractivity (Wildman–Crippen MR) is 32.6 cm³/mol. The third-order valence-corrected chi connectivity index (χ3v) is 1.06. The summed E-state index contributed by atoms with van der Waals surface area (Å²) in [6.07, 6.45) is -2.70. The third kappa shape index (κ3) is 3.24. The fourth-order valence-electron chi connectivity index (χ4n) is 0.464. The summed E-state index contributed by atoms with van der Waals surface area (Å²) >= 11 is 0. The van der Waals surface area contributed by atoms with Crippen LogP contribution in [0.5, 0.6) is 0 Å². The SMILES string of the molecule is C[C@@H](F)[C@@H](CO)NC(=O)O. The lowest BCUT2D eigenvalue weighted by molar-refractivity contribution is 0.149. The normalized spacial score (nSPS) is 15.9. The minimum atomic E-state index is -1.37. The van der Waals surface area contributed by atoms with Gasteiger partial charge in [0, 0.05) is 0 Å². The van der Waals surface area contributed by atoms with E-state index in [1.807, 2.05) is 5.32 Å². The molecule has 0 unspecified atom stereocenters. The van der Waals surface area contributed by atoms with Gasteiger partial charge in [-0.25, -0.2) is 9.18 Å². The van der Waals surface area contributed by atoms with Crippen LogP contribution in [-0.2, 0) is 0 Å². The zero-order valence-electron chi connectivity index (χ0n) is 5.54. The van der Waals surface area contributed by atoms with Crippen LogP contribution >= 0.6 is 0 Å². The molecule has 0 aliphatic carbocycles. The molecule has 0 bridgehead atoms. The van der Waals surface area contributed by atoms with Crippen molar-refractivity contribution >= 4 is 6.09 Å². The van der Waals surface area contributed by atoms with Crippen LogP contribution < -0.4 is 5.32 Å². The Hall–Kier alpha value is -0.840. The first-order valence-corrected chi connectivity index (χ1v) is 2.82. The number of carboxylic acid groups (broad SMARTS) is 1. The Balaban J connectivity index is 3.71. The average molecular weight is 151 g/mol. The quantitative estimate of drug-likeness (QED) is 0.530. The minimum Gasteiger partial charge on any atom is -0.465 e. The van der Waals surface area contributed by atoms with Crippen molar-refractivity contribution in [2.24, 2.45) is 0 Å². The van der Waals surface area contributed by atoms with Gasteiger partial charge in [-0.2, -0.15) is 0 Å². The van der Waals surface area contributed by atoms with Crippen LogP contribution in [0.1, 0.15) is 6.92 Å². The first kappa shape index (κ1) is 9.16. The van der Waals surface area contributed by atoms with Crippen molar-refractivity contribution in [1.29, 1.82) is 0 Å². The van der Waals surface area contributed by atoms with E-state index in [9.17, 15) is 9.18 Å². The molecule has 0 fully saturated rings. The molecule has 1 amide bonds. The van der Waals surface area contributed by atoms with E-state index < -0.39 is 24.9 Å². The highest BCUT2D eigenvalue weighted by atomic mass is 19.1. The molecule has 4 nitrogen and oxygen atoms in total. The molecule has 60 valence electrons. The molecular weight excluding hydrogens is 141 g/mol. The van der Waals surface area contributed by atoms with E-state index >= 15 is 0 Å². The molecule has 0 heterocycles. The Morgan fingerprint density at radius 3 is 2.40 bits per heavy atom. The fraction of sp³-hybridized carbons (Fsp3) is 0.800. The molecule has 5 heteroatoms. The zero-order chi connectivity index (χ0) is 8.15. The van der Waals surface area contributed by atoms with Crippen LogP contribution in [0.2, 0.25) is 0 Å². The van der Waals surface area contributed by atoms with E-state index in [0.29, 0.717) is 0 Å². The van der Waals surface area contributed by atoms with Gasteiger partial charge in [0.15, 0.2) is 0 Å². The maximum atomic E-state index is 12.2. The Labute approximate surface area is 57.7 Å². The van der Waals surface area contributed by atoms with Gasteiger partial charge < -0.3 is 15.5 Å². The summed E-state index contributed by atoms with van der Waals surface area (Å²) in [7, 11) is 0. The van der Waals surface area contributed by atoms with Gasteiger partial charge >= 0.3 is 6.09 Å². The smallest absolute Gasteiger partial charge is 0.405 e. The first-order chi connectivity index (χ1) is 4.57. The largest absolute Gasteiger partial charge is 0.465 e. The van der Waals surface area contributed by atoms with Gasteiger partial charge in [0.1, 0.15) is 6.17 Å². The summed E-state index contributed by atoms with van der Waals surface area (Å²) in [5.41, 5.74) is 0. The van der Waals surface area contributed by atoms with Crippen molar-refractivity contribution in [2.45, 2.75) is 19.1 Å². The maximum Gasteiger partial charge on any atom is 0.405 e. The Morgan fingerprint density at radius 1 is 1.80 bits per heavy atom. The first-order valence-electron chi connectivity index (χ1n) is 2.82. The highest BCUT2D eigenvalue weighted by Crippen LogP contribution is 1.95. The van der Waals surface area contributed by atoms with E-state index in [-0.39, 0.29) is 0 Å². The van der Waals surface area contributed by atoms with Gasteiger partial charge in [-0.15, -0.1) is 0 Å².